The van der Waals surface area contributed by atoms with E-state index < -0.39 is 17.8 Å². The molecule has 0 aliphatic carbocycles. The number of ether oxygens (including phenoxy) is 1. The van der Waals surface area contributed by atoms with Gasteiger partial charge in [0.05, 0.1) is 29.1 Å². The zero-order valence-corrected chi connectivity index (χ0v) is 23.5. The number of aromatic nitrogens is 4. The fourth-order valence-corrected chi connectivity index (χ4v) is 5.91. The Morgan fingerprint density at radius 3 is 2.48 bits per heavy atom. The number of hydrogen-bond donors (Lipinski definition) is 1. The zero-order valence-electron chi connectivity index (χ0n) is 22.8. The van der Waals surface area contributed by atoms with Crippen molar-refractivity contribution < 1.29 is 23.0 Å². The van der Waals surface area contributed by atoms with E-state index in [9.17, 15) is 23.5 Å². The van der Waals surface area contributed by atoms with E-state index >= 15 is 0 Å². The molecule has 2 bridgehead atoms. The summed E-state index contributed by atoms with van der Waals surface area (Å²) >= 11 is 5.81. The van der Waals surface area contributed by atoms with Gasteiger partial charge in [-0.1, -0.05) is 17.7 Å². The van der Waals surface area contributed by atoms with Crippen molar-refractivity contribution in [3.05, 3.63) is 71.4 Å². The summed E-state index contributed by atoms with van der Waals surface area (Å²) in [7, 11) is 0. The number of piperidine rings is 1. The molecule has 42 heavy (non-hydrogen) atoms. The molecular formula is C29H27ClF3N7O2. The van der Waals surface area contributed by atoms with Gasteiger partial charge in [-0.2, -0.15) is 23.5 Å². The second-order valence-electron chi connectivity index (χ2n) is 11.3. The number of nitriles is 1. The van der Waals surface area contributed by atoms with Crippen LogP contribution in [0.5, 0.6) is 5.75 Å². The summed E-state index contributed by atoms with van der Waals surface area (Å²) in [6.45, 7) is 4.14. The highest BCUT2D eigenvalue weighted by atomic mass is 35.5. The van der Waals surface area contributed by atoms with E-state index in [0.717, 1.165) is 0 Å². The summed E-state index contributed by atoms with van der Waals surface area (Å²) in [6, 6.07) is 8.07. The third-order valence-electron chi connectivity index (χ3n) is 7.61. The second kappa shape index (κ2) is 10.4. The smallest absolute Gasteiger partial charge is 0.408 e. The summed E-state index contributed by atoms with van der Waals surface area (Å²) in [5, 5.41) is 24.1. The van der Waals surface area contributed by atoms with Crippen molar-refractivity contribution in [3.63, 3.8) is 0 Å². The van der Waals surface area contributed by atoms with E-state index in [2.05, 4.69) is 21.1 Å². The van der Waals surface area contributed by atoms with Crippen molar-refractivity contribution >= 4 is 22.9 Å². The Kier molecular flexibility index (Phi) is 7.00. The lowest BCUT2D eigenvalue weighted by Crippen LogP contribution is -2.70. The number of pyridine rings is 3. The highest BCUT2D eigenvalue weighted by Crippen LogP contribution is 2.47. The van der Waals surface area contributed by atoms with Gasteiger partial charge in [-0.15, -0.1) is 0 Å². The average molecular weight is 598 g/mol. The van der Waals surface area contributed by atoms with E-state index in [4.69, 9.17) is 16.3 Å². The monoisotopic (exact) mass is 597 g/mol. The lowest BCUT2D eigenvalue weighted by atomic mass is 9.83. The molecule has 1 N–H and O–H groups in total. The van der Waals surface area contributed by atoms with Gasteiger partial charge in [0, 0.05) is 48.7 Å². The molecular weight excluding hydrogens is 571 g/mol. The predicted molar refractivity (Wildman–Crippen MR) is 149 cm³/mol. The minimum Gasteiger partial charge on any atom is -0.489 e. The van der Waals surface area contributed by atoms with Crippen LogP contribution in [0.4, 0.5) is 19.0 Å². The Labute approximate surface area is 244 Å². The van der Waals surface area contributed by atoms with Crippen LogP contribution in [-0.2, 0) is 0 Å². The SMILES string of the molecule is CC(C)(O)COc1cc(-c2ccc(N3CC4CC(C3)N4[C@@H](c3ccc(Cl)nc3)C(F)(F)F)nc2)c2c(C#N)cnn2c1. The number of aliphatic hydroxyl groups is 1. The average Bonchev–Trinajstić information content (AvgIpc) is 3.37. The van der Waals surface area contributed by atoms with E-state index in [1.165, 1.54) is 29.4 Å². The van der Waals surface area contributed by atoms with E-state index in [-0.39, 0.29) is 29.4 Å². The molecule has 3 saturated heterocycles. The molecule has 0 aromatic carbocycles. The second-order valence-corrected chi connectivity index (χ2v) is 11.7. The minimum absolute atomic E-state index is 0.0551. The number of hydrogen-bond acceptors (Lipinski definition) is 8. The number of anilines is 1. The largest absolute Gasteiger partial charge is 0.489 e. The van der Waals surface area contributed by atoms with Crippen LogP contribution in [0.2, 0.25) is 5.15 Å². The number of alkyl halides is 3. The Bertz CT molecular complexity index is 1630. The van der Waals surface area contributed by atoms with Crippen LogP contribution in [0, 0.1) is 11.3 Å². The standard InChI is InChI=1S/C29H27ClF3N7O2/c1-28(2,41)16-42-22-8-23(26-19(9-34)12-37-39(26)15-22)17-4-6-25(36-10-17)38-13-20-7-21(14-38)40(20)27(29(31,32)33)18-3-5-24(30)35-11-18/h3-6,8,10-12,15,20-21,27,41H,7,13-14,16H2,1-2H3/t20?,21?,27-/m0/s1. The van der Waals surface area contributed by atoms with Gasteiger partial charge in [-0.3, -0.25) is 4.90 Å². The summed E-state index contributed by atoms with van der Waals surface area (Å²) in [5.74, 6) is 1.12. The third-order valence-corrected chi connectivity index (χ3v) is 7.83. The zero-order chi connectivity index (χ0) is 29.8. The summed E-state index contributed by atoms with van der Waals surface area (Å²) in [5.41, 5.74) is 1.40. The first-order chi connectivity index (χ1) is 19.9. The normalized spacial score (nSPS) is 19.8. The Morgan fingerprint density at radius 2 is 1.88 bits per heavy atom. The number of nitrogens with zero attached hydrogens (tertiary/aromatic N) is 7. The maximum atomic E-state index is 14.2. The molecule has 7 rings (SSSR count). The van der Waals surface area contributed by atoms with E-state index in [1.54, 1.807) is 36.8 Å². The van der Waals surface area contributed by atoms with Crippen molar-refractivity contribution in [1.82, 2.24) is 24.5 Å². The van der Waals surface area contributed by atoms with Crippen molar-refractivity contribution in [2.75, 3.05) is 24.6 Å². The maximum absolute atomic E-state index is 14.2. The number of piperazine rings is 1. The molecule has 3 atom stereocenters. The van der Waals surface area contributed by atoms with Crippen molar-refractivity contribution in [3.8, 4) is 22.9 Å². The molecule has 13 heteroatoms. The molecule has 3 aliphatic heterocycles. The van der Waals surface area contributed by atoms with Gasteiger partial charge >= 0.3 is 6.18 Å². The van der Waals surface area contributed by atoms with E-state index in [1.807, 2.05) is 17.0 Å². The summed E-state index contributed by atoms with van der Waals surface area (Å²) < 4.78 is 50.0. The highest BCUT2D eigenvalue weighted by molar-refractivity contribution is 6.29. The first kappa shape index (κ1) is 28.2. The molecule has 0 spiro atoms. The van der Waals surface area contributed by atoms with Crippen molar-refractivity contribution in [1.29, 1.82) is 5.26 Å². The molecule has 7 heterocycles. The minimum atomic E-state index is -4.46. The van der Waals surface area contributed by atoms with Crippen LogP contribution in [0.1, 0.15) is 37.4 Å². The van der Waals surface area contributed by atoms with Crippen LogP contribution in [-0.4, -0.2) is 73.1 Å². The summed E-state index contributed by atoms with van der Waals surface area (Å²) in [6.07, 6.45) is 2.21. The molecule has 4 aromatic rings. The third kappa shape index (κ3) is 5.35. The molecule has 218 valence electrons. The summed E-state index contributed by atoms with van der Waals surface area (Å²) in [4.78, 5) is 12.1. The van der Waals surface area contributed by atoms with Crippen LogP contribution in [0.3, 0.4) is 0 Å². The van der Waals surface area contributed by atoms with Crippen molar-refractivity contribution in [2.45, 2.75) is 50.2 Å². The molecule has 4 aromatic heterocycles. The Morgan fingerprint density at radius 1 is 1.12 bits per heavy atom. The molecule has 3 fully saturated rings. The topological polar surface area (TPSA) is 103 Å². The van der Waals surface area contributed by atoms with Crippen molar-refractivity contribution in [2.24, 2.45) is 0 Å². The van der Waals surface area contributed by atoms with E-state index in [0.29, 0.717) is 53.3 Å². The lowest BCUT2D eigenvalue weighted by Gasteiger charge is -2.59. The number of rotatable bonds is 7. The lowest BCUT2D eigenvalue weighted by molar-refractivity contribution is -0.220. The highest BCUT2D eigenvalue weighted by Gasteiger charge is 2.56. The molecule has 0 saturated carbocycles. The molecule has 3 aliphatic rings. The van der Waals surface area contributed by atoms with Crippen LogP contribution in [0.15, 0.2) is 55.1 Å². The number of halogens is 4. The Balaban J connectivity index is 1.24. The molecule has 2 unspecified atom stereocenters. The maximum Gasteiger partial charge on any atom is 0.408 e. The number of fused-ring (bicyclic) bond motifs is 3. The van der Waals surface area contributed by atoms with Gasteiger partial charge in [0.15, 0.2) is 0 Å². The van der Waals surface area contributed by atoms with Gasteiger partial charge in [0.25, 0.3) is 0 Å². The van der Waals surface area contributed by atoms with Gasteiger partial charge in [0.1, 0.15) is 35.4 Å². The van der Waals surface area contributed by atoms with Gasteiger partial charge in [0.2, 0.25) is 0 Å². The molecule has 9 nitrogen and oxygen atoms in total. The predicted octanol–water partition coefficient (Wildman–Crippen LogP) is 5.03. The fourth-order valence-electron chi connectivity index (χ4n) is 5.80. The Hall–Kier alpha value is -3.92. The first-order valence-corrected chi connectivity index (χ1v) is 13.7. The van der Waals surface area contributed by atoms with Crippen LogP contribution in [0.25, 0.3) is 16.6 Å². The quantitative estimate of drug-likeness (QED) is 0.296. The molecule has 0 amide bonds. The fraction of sp³-hybridized carbons (Fsp3) is 0.379. The van der Waals surface area contributed by atoms with Crippen LogP contribution < -0.4 is 9.64 Å². The van der Waals surface area contributed by atoms with Gasteiger partial charge in [-0.25, -0.2) is 14.5 Å². The molecule has 0 radical (unpaired) electrons. The first-order valence-electron chi connectivity index (χ1n) is 13.3. The van der Waals surface area contributed by atoms with Crippen LogP contribution >= 0.6 is 11.6 Å². The van der Waals surface area contributed by atoms with Gasteiger partial charge in [-0.05, 0) is 50.1 Å². The van der Waals surface area contributed by atoms with Gasteiger partial charge < -0.3 is 14.7 Å².